The van der Waals surface area contributed by atoms with Crippen LogP contribution in [0.4, 0.5) is 0 Å². The third-order valence-electron chi connectivity index (χ3n) is 2.43. The Hall–Kier alpha value is -1.66. The summed E-state index contributed by atoms with van der Waals surface area (Å²) in [5.41, 5.74) is 2.74. The zero-order valence-corrected chi connectivity index (χ0v) is 10.3. The van der Waals surface area contributed by atoms with Crippen molar-refractivity contribution in [2.24, 2.45) is 0 Å². The Kier molecular flexibility index (Phi) is 2.45. The molecule has 0 saturated heterocycles. The zero-order valence-electron chi connectivity index (χ0n) is 8.66. The summed E-state index contributed by atoms with van der Waals surface area (Å²) in [4.78, 5) is 16.0. The van der Waals surface area contributed by atoms with Gasteiger partial charge in [0.1, 0.15) is 0 Å². The molecule has 0 aliphatic heterocycles. The lowest BCUT2D eigenvalue weighted by molar-refractivity contribution is -0.136. The summed E-state index contributed by atoms with van der Waals surface area (Å²) in [5, 5.41) is 14.7. The third kappa shape index (κ3) is 1.85. The Balaban J connectivity index is 2.08. The fraction of sp³-hybridized carbons (Fsp3) is 0.0909. The molecule has 0 amide bonds. The molecule has 3 aromatic heterocycles. The second-order valence-corrected chi connectivity index (χ2v) is 5.20. The largest absolute Gasteiger partial charge is 0.481 e. The minimum Gasteiger partial charge on any atom is -0.481 e. The lowest BCUT2D eigenvalue weighted by Gasteiger charge is -1.93. The summed E-state index contributed by atoms with van der Waals surface area (Å²) in [6.45, 7) is 0. The van der Waals surface area contributed by atoms with Gasteiger partial charge in [-0.25, -0.2) is 4.98 Å². The van der Waals surface area contributed by atoms with Crippen LogP contribution in [0, 0.1) is 0 Å². The molecule has 0 unspecified atom stereocenters. The summed E-state index contributed by atoms with van der Waals surface area (Å²) in [6.07, 6.45) is 1.92. The lowest BCUT2D eigenvalue weighted by Crippen LogP contribution is -2.01. The molecule has 3 rings (SSSR count). The highest BCUT2D eigenvalue weighted by molar-refractivity contribution is 7.15. The van der Waals surface area contributed by atoms with Crippen molar-refractivity contribution < 1.29 is 9.90 Å². The highest BCUT2D eigenvalue weighted by Gasteiger charge is 2.11. The number of fused-ring (bicyclic) bond motifs is 1. The number of thiazole rings is 1. The number of rotatable bonds is 3. The molecular formula is C11H8N2O2S2. The van der Waals surface area contributed by atoms with Gasteiger partial charge in [-0.2, -0.15) is 11.3 Å². The van der Waals surface area contributed by atoms with E-state index in [9.17, 15) is 4.79 Å². The zero-order chi connectivity index (χ0) is 11.8. The summed E-state index contributed by atoms with van der Waals surface area (Å²) in [7, 11) is 0. The highest BCUT2D eigenvalue weighted by atomic mass is 32.1. The maximum absolute atomic E-state index is 10.7. The van der Waals surface area contributed by atoms with Crippen LogP contribution in [0.1, 0.15) is 5.69 Å². The Morgan fingerprint density at radius 2 is 2.35 bits per heavy atom. The minimum atomic E-state index is -0.824. The van der Waals surface area contributed by atoms with E-state index in [0.717, 1.165) is 21.9 Å². The van der Waals surface area contributed by atoms with Gasteiger partial charge < -0.3 is 5.11 Å². The van der Waals surface area contributed by atoms with Gasteiger partial charge >= 0.3 is 5.97 Å². The average Bonchev–Trinajstić information content (AvgIpc) is 2.93. The SMILES string of the molecule is O=C(O)Cc1csc2nc(-c3ccsc3)cn12. The fourth-order valence-corrected chi connectivity index (χ4v) is 3.18. The number of thiophene rings is 1. The minimum absolute atomic E-state index is 0.0272. The number of hydrogen-bond donors (Lipinski definition) is 1. The maximum Gasteiger partial charge on any atom is 0.309 e. The van der Waals surface area contributed by atoms with Crippen LogP contribution in [0.15, 0.2) is 28.4 Å². The molecule has 0 bridgehead atoms. The van der Waals surface area contributed by atoms with Gasteiger partial charge in [-0.05, 0) is 11.4 Å². The summed E-state index contributed by atoms with van der Waals surface area (Å²) >= 11 is 3.09. The first-order chi connectivity index (χ1) is 8.24. The summed E-state index contributed by atoms with van der Waals surface area (Å²) < 4.78 is 1.85. The van der Waals surface area contributed by atoms with Gasteiger partial charge in [-0.15, -0.1) is 11.3 Å². The van der Waals surface area contributed by atoms with Crippen LogP contribution in [0.25, 0.3) is 16.2 Å². The number of aliphatic carboxylic acids is 1. The molecule has 1 N–H and O–H groups in total. The van der Waals surface area contributed by atoms with Gasteiger partial charge in [0, 0.05) is 28.2 Å². The molecule has 0 spiro atoms. The molecule has 0 saturated carbocycles. The molecule has 0 fully saturated rings. The molecule has 6 heteroatoms. The normalized spacial score (nSPS) is 11.1. The Morgan fingerprint density at radius 3 is 3.06 bits per heavy atom. The standard InChI is InChI=1S/C11H8N2O2S2/c14-10(15)3-8-6-17-11-12-9(4-13(8)11)7-1-2-16-5-7/h1-2,4-6H,3H2,(H,14,15). The van der Waals surface area contributed by atoms with E-state index in [4.69, 9.17) is 5.11 Å². The quantitative estimate of drug-likeness (QED) is 0.791. The van der Waals surface area contributed by atoms with E-state index in [2.05, 4.69) is 4.98 Å². The van der Waals surface area contributed by atoms with Crippen molar-refractivity contribution in [2.75, 3.05) is 0 Å². The van der Waals surface area contributed by atoms with Crippen molar-refractivity contribution in [2.45, 2.75) is 6.42 Å². The molecule has 17 heavy (non-hydrogen) atoms. The van der Waals surface area contributed by atoms with Crippen molar-refractivity contribution in [1.82, 2.24) is 9.38 Å². The van der Waals surface area contributed by atoms with Crippen LogP contribution in [-0.4, -0.2) is 20.5 Å². The second-order valence-electron chi connectivity index (χ2n) is 3.59. The van der Waals surface area contributed by atoms with Crippen molar-refractivity contribution in [1.29, 1.82) is 0 Å². The number of imidazole rings is 1. The molecule has 3 aromatic rings. The Bertz CT molecular complexity index is 667. The van der Waals surface area contributed by atoms with E-state index in [1.165, 1.54) is 11.3 Å². The van der Waals surface area contributed by atoms with Gasteiger partial charge in [-0.3, -0.25) is 9.20 Å². The molecule has 0 atom stereocenters. The van der Waals surface area contributed by atoms with Crippen LogP contribution < -0.4 is 0 Å². The predicted octanol–water partition coefficient (Wildman–Crippen LogP) is 2.75. The number of carbonyl (C=O) groups is 1. The molecule has 0 radical (unpaired) electrons. The highest BCUT2D eigenvalue weighted by Crippen LogP contribution is 2.25. The van der Waals surface area contributed by atoms with E-state index < -0.39 is 5.97 Å². The topological polar surface area (TPSA) is 54.6 Å². The molecule has 86 valence electrons. The summed E-state index contributed by atoms with van der Waals surface area (Å²) in [5.74, 6) is -0.824. The number of aromatic nitrogens is 2. The predicted molar refractivity (Wildman–Crippen MR) is 67.7 cm³/mol. The van der Waals surface area contributed by atoms with Crippen LogP contribution >= 0.6 is 22.7 Å². The van der Waals surface area contributed by atoms with Gasteiger partial charge in [-0.1, -0.05) is 0 Å². The molecule has 0 aliphatic carbocycles. The molecule has 3 heterocycles. The number of carboxylic acid groups (broad SMARTS) is 1. The van der Waals surface area contributed by atoms with Crippen molar-refractivity contribution in [3.63, 3.8) is 0 Å². The van der Waals surface area contributed by atoms with Gasteiger partial charge in [0.2, 0.25) is 0 Å². The fourth-order valence-electron chi connectivity index (χ4n) is 1.66. The van der Waals surface area contributed by atoms with Crippen LogP contribution in [0.2, 0.25) is 0 Å². The Labute approximate surface area is 105 Å². The average molecular weight is 264 g/mol. The van der Waals surface area contributed by atoms with Crippen LogP contribution in [-0.2, 0) is 11.2 Å². The van der Waals surface area contributed by atoms with Crippen molar-refractivity contribution in [3.05, 3.63) is 34.1 Å². The van der Waals surface area contributed by atoms with E-state index in [0.29, 0.717) is 0 Å². The number of hydrogen-bond acceptors (Lipinski definition) is 4. The van der Waals surface area contributed by atoms with E-state index >= 15 is 0 Å². The number of nitrogens with zero attached hydrogens (tertiary/aromatic N) is 2. The van der Waals surface area contributed by atoms with E-state index in [1.54, 1.807) is 11.3 Å². The van der Waals surface area contributed by atoms with Gasteiger partial charge in [0.15, 0.2) is 4.96 Å². The monoisotopic (exact) mass is 264 g/mol. The van der Waals surface area contributed by atoms with Crippen molar-refractivity contribution >= 4 is 33.6 Å². The Morgan fingerprint density at radius 1 is 1.47 bits per heavy atom. The number of carboxylic acids is 1. The first kappa shape index (κ1) is 10.5. The van der Waals surface area contributed by atoms with Crippen LogP contribution in [0.3, 0.4) is 0 Å². The smallest absolute Gasteiger partial charge is 0.309 e. The lowest BCUT2D eigenvalue weighted by atomic mass is 10.3. The van der Waals surface area contributed by atoms with Crippen LogP contribution in [0.5, 0.6) is 0 Å². The van der Waals surface area contributed by atoms with E-state index in [1.807, 2.05) is 32.8 Å². The van der Waals surface area contributed by atoms with E-state index in [-0.39, 0.29) is 6.42 Å². The molecule has 4 nitrogen and oxygen atoms in total. The second kappa shape index (κ2) is 3.97. The van der Waals surface area contributed by atoms with Crippen molar-refractivity contribution in [3.8, 4) is 11.3 Å². The maximum atomic E-state index is 10.7. The summed E-state index contributed by atoms with van der Waals surface area (Å²) in [6, 6.07) is 2.01. The molecule has 0 aliphatic rings. The first-order valence-corrected chi connectivity index (χ1v) is 6.76. The molecular weight excluding hydrogens is 256 g/mol. The van der Waals surface area contributed by atoms with Gasteiger partial charge in [0.05, 0.1) is 12.1 Å². The third-order valence-corrected chi connectivity index (χ3v) is 4.00. The first-order valence-electron chi connectivity index (χ1n) is 4.94. The molecule has 0 aromatic carbocycles. The van der Waals surface area contributed by atoms with Gasteiger partial charge in [0.25, 0.3) is 0 Å².